The largest absolute Gasteiger partial charge is 0.455 e. The number of benzene rings is 1. The first-order valence-corrected chi connectivity index (χ1v) is 9.62. The van der Waals surface area contributed by atoms with Gasteiger partial charge in [-0.05, 0) is 48.8 Å². The van der Waals surface area contributed by atoms with Crippen LogP contribution in [-0.2, 0) is 19.7 Å². The van der Waals surface area contributed by atoms with Gasteiger partial charge in [0.15, 0.2) is 6.61 Å². The number of carbonyl (C=O) groups is 2. The second-order valence-electron chi connectivity index (χ2n) is 8.12. The monoisotopic (exact) mass is 361 g/mol. The molecule has 3 rings (SSSR count). The Balaban J connectivity index is 1.66. The molecule has 1 saturated heterocycles. The van der Waals surface area contributed by atoms with Gasteiger partial charge in [-0.2, -0.15) is 0 Å². The Kier molecular flexibility index (Phi) is 5.64. The average Bonchev–Trinajstić information content (AvgIpc) is 3.09. The number of hydrogen-bond donors (Lipinski definition) is 0. The van der Waals surface area contributed by atoms with Crippen molar-refractivity contribution in [3.8, 4) is 0 Å². The molecule has 1 aromatic rings. The summed E-state index contributed by atoms with van der Waals surface area (Å²) in [7, 11) is 0. The van der Waals surface area contributed by atoms with Crippen LogP contribution in [0.4, 0.5) is 4.39 Å². The molecule has 1 amide bonds. The molecule has 1 heterocycles. The summed E-state index contributed by atoms with van der Waals surface area (Å²) in [5.41, 5.74) is -0.155. The zero-order chi connectivity index (χ0) is 18.7. The van der Waals surface area contributed by atoms with Crippen molar-refractivity contribution >= 4 is 11.9 Å². The van der Waals surface area contributed by atoms with Gasteiger partial charge in [-0.3, -0.25) is 9.59 Å². The number of likely N-dealkylation sites (tertiary alicyclic amines) is 1. The molecule has 1 saturated carbocycles. The van der Waals surface area contributed by atoms with E-state index < -0.39 is 11.4 Å². The van der Waals surface area contributed by atoms with E-state index in [-0.39, 0.29) is 18.3 Å². The van der Waals surface area contributed by atoms with Crippen LogP contribution in [0.15, 0.2) is 24.3 Å². The van der Waals surface area contributed by atoms with Crippen LogP contribution in [0.1, 0.15) is 51.5 Å². The quantitative estimate of drug-likeness (QED) is 0.769. The van der Waals surface area contributed by atoms with Gasteiger partial charge in [0.2, 0.25) is 0 Å². The highest BCUT2D eigenvalue weighted by Gasteiger charge is 2.44. The van der Waals surface area contributed by atoms with Crippen LogP contribution in [0, 0.1) is 17.7 Å². The molecule has 0 bridgehead atoms. The van der Waals surface area contributed by atoms with Crippen LogP contribution < -0.4 is 0 Å². The standard InChI is InChI=1S/C21H28FNO3/c1-15-10-16(2)13-23(12-15)19(24)14-26-20(25)21(8-3-4-9-21)17-6-5-7-18(22)11-17/h5-7,11,15-16H,3-4,8-10,12-14H2,1-2H3. The molecule has 0 aromatic heterocycles. The molecule has 1 aliphatic carbocycles. The number of hydrogen-bond acceptors (Lipinski definition) is 3. The van der Waals surface area contributed by atoms with Gasteiger partial charge < -0.3 is 9.64 Å². The number of halogens is 1. The van der Waals surface area contributed by atoms with Crippen molar-refractivity contribution in [1.82, 2.24) is 4.90 Å². The molecule has 1 aliphatic heterocycles. The Morgan fingerprint density at radius 1 is 1.19 bits per heavy atom. The number of rotatable bonds is 4. The molecular formula is C21H28FNO3. The minimum absolute atomic E-state index is 0.135. The van der Waals surface area contributed by atoms with E-state index in [9.17, 15) is 14.0 Å². The zero-order valence-corrected chi connectivity index (χ0v) is 15.7. The molecule has 1 aromatic carbocycles. The van der Waals surface area contributed by atoms with Crippen molar-refractivity contribution in [2.24, 2.45) is 11.8 Å². The fourth-order valence-electron chi connectivity index (χ4n) is 4.60. The van der Waals surface area contributed by atoms with Crippen LogP contribution in [-0.4, -0.2) is 36.5 Å². The number of carbonyl (C=O) groups excluding carboxylic acids is 2. The van der Waals surface area contributed by atoms with E-state index in [4.69, 9.17) is 4.74 Å². The Morgan fingerprint density at radius 3 is 2.46 bits per heavy atom. The van der Waals surface area contributed by atoms with Crippen LogP contribution in [0.5, 0.6) is 0 Å². The third-order valence-corrected chi connectivity index (χ3v) is 5.77. The van der Waals surface area contributed by atoms with E-state index in [1.54, 1.807) is 17.0 Å². The van der Waals surface area contributed by atoms with Gasteiger partial charge in [0.05, 0.1) is 5.41 Å². The van der Waals surface area contributed by atoms with Crippen molar-refractivity contribution in [3.63, 3.8) is 0 Å². The molecule has 5 heteroatoms. The van der Waals surface area contributed by atoms with Gasteiger partial charge in [-0.1, -0.05) is 38.8 Å². The number of ether oxygens (including phenoxy) is 1. The highest BCUT2D eigenvalue weighted by Crippen LogP contribution is 2.42. The molecule has 26 heavy (non-hydrogen) atoms. The summed E-state index contributed by atoms with van der Waals surface area (Å²) < 4.78 is 19.1. The van der Waals surface area contributed by atoms with E-state index in [1.807, 2.05) is 0 Å². The fraction of sp³-hybridized carbons (Fsp3) is 0.619. The minimum atomic E-state index is -0.815. The van der Waals surface area contributed by atoms with Crippen molar-refractivity contribution < 1.29 is 18.7 Å². The first-order valence-electron chi connectivity index (χ1n) is 9.62. The van der Waals surface area contributed by atoms with Gasteiger partial charge in [0.1, 0.15) is 5.82 Å². The lowest BCUT2D eigenvalue weighted by Crippen LogP contribution is -2.45. The summed E-state index contributed by atoms with van der Waals surface area (Å²) >= 11 is 0. The predicted octanol–water partition coefficient (Wildman–Crippen LogP) is 3.69. The average molecular weight is 361 g/mol. The second kappa shape index (κ2) is 7.77. The van der Waals surface area contributed by atoms with Crippen LogP contribution in [0.2, 0.25) is 0 Å². The summed E-state index contributed by atoms with van der Waals surface area (Å²) in [4.78, 5) is 27.2. The lowest BCUT2D eigenvalue weighted by Gasteiger charge is -2.35. The zero-order valence-electron chi connectivity index (χ0n) is 15.7. The lowest BCUT2D eigenvalue weighted by atomic mass is 9.79. The maximum atomic E-state index is 13.7. The molecule has 2 aliphatic rings. The van der Waals surface area contributed by atoms with E-state index in [0.717, 1.165) is 32.4 Å². The van der Waals surface area contributed by atoms with Gasteiger partial charge in [-0.15, -0.1) is 0 Å². The van der Waals surface area contributed by atoms with Crippen molar-refractivity contribution in [1.29, 1.82) is 0 Å². The van der Waals surface area contributed by atoms with Crippen LogP contribution in [0.25, 0.3) is 0 Å². The van der Waals surface area contributed by atoms with Gasteiger partial charge in [0, 0.05) is 13.1 Å². The van der Waals surface area contributed by atoms with Crippen LogP contribution in [0.3, 0.4) is 0 Å². The molecular weight excluding hydrogens is 333 g/mol. The first kappa shape index (κ1) is 18.9. The Bertz CT molecular complexity index is 659. The third kappa shape index (κ3) is 3.92. The summed E-state index contributed by atoms with van der Waals surface area (Å²) in [5, 5.41) is 0. The van der Waals surface area contributed by atoms with Crippen molar-refractivity contribution in [2.45, 2.75) is 51.4 Å². The maximum absolute atomic E-state index is 13.7. The topological polar surface area (TPSA) is 46.6 Å². The molecule has 4 nitrogen and oxygen atoms in total. The van der Waals surface area contributed by atoms with Gasteiger partial charge >= 0.3 is 5.97 Å². The SMILES string of the molecule is CC1CC(C)CN(C(=O)COC(=O)C2(c3cccc(F)c3)CCCC2)C1. The normalized spacial score (nSPS) is 25.1. The lowest BCUT2D eigenvalue weighted by molar-refractivity contribution is -0.158. The third-order valence-electron chi connectivity index (χ3n) is 5.77. The molecule has 0 N–H and O–H groups in total. The maximum Gasteiger partial charge on any atom is 0.317 e. The number of nitrogens with zero attached hydrogens (tertiary/aromatic N) is 1. The Hall–Kier alpha value is -1.91. The molecule has 2 fully saturated rings. The van der Waals surface area contributed by atoms with E-state index >= 15 is 0 Å². The Labute approximate surface area is 154 Å². The van der Waals surface area contributed by atoms with Crippen LogP contribution >= 0.6 is 0 Å². The van der Waals surface area contributed by atoms with Gasteiger partial charge in [-0.25, -0.2) is 4.39 Å². The number of piperidine rings is 1. The smallest absolute Gasteiger partial charge is 0.317 e. The summed E-state index contributed by atoms with van der Waals surface area (Å²) in [6, 6.07) is 6.20. The minimum Gasteiger partial charge on any atom is -0.455 e. The van der Waals surface area contributed by atoms with Crippen molar-refractivity contribution in [2.75, 3.05) is 19.7 Å². The Morgan fingerprint density at radius 2 is 1.85 bits per heavy atom. The van der Waals surface area contributed by atoms with E-state index in [2.05, 4.69) is 13.8 Å². The predicted molar refractivity (Wildman–Crippen MR) is 97.0 cm³/mol. The first-order chi connectivity index (χ1) is 12.4. The fourth-order valence-corrected chi connectivity index (χ4v) is 4.60. The highest BCUT2D eigenvalue weighted by atomic mass is 19.1. The van der Waals surface area contributed by atoms with E-state index in [1.165, 1.54) is 12.1 Å². The molecule has 2 atom stereocenters. The molecule has 2 unspecified atom stereocenters. The number of esters is 1. The summed E-state index contributed by atoms with van der Waals surface area (Å²) in [5.74, 6) is 0.0453. The molecule has 0 radical (unpaired) electrons. The highest BCUT2D eigenvalue weighted by molar-refractivity contribution is 5.86. The van der Waals surface area contributed by atoms with E-state index in [0.29, 0.717) is 30.2 Å². The summed E-state index contributed by atoms with van der Waals surface area (Å²) in [6.45, 7) is 5.49. The second-order valence-corrected chi connectivity index (χ2v) is 8.12. The van der Waals surface area contributed by atoms with Gasteiger partial charge in [0.25, 0.3) is 5.91 Å². The molecule has 0 spiro atoms. The summed E-state index contributed by atoms with van der Waals surface area (Å²) in [6.07, 6.45) is 4.20. The van der Waals surface area contributed by atoms with Crippen molar-refractivity contribution in [3.05, 3.63) is 35.6 Å². The number of amides is 1. The molecule has 142 valence electrons.